The Balaban J connectivity index is 1.73. The lowest BCUT2D eigenvalue weighted by Gasteiger charge is -2.17. The second-order valence-corrected chi connectivity index (χ2v) is 6.95. The quantitative estimate of drug-likeness (QED) is 0.469. The van der Waals surface area contributed by atoms with Crippen molar-refractivity contribution in [1.29, 1.82) is 0 Å². The molecule has 1 aliphatic carbocycles. The third-order valence-electron chi connectivity index (χ3n) is 4.81. The minimum Gasteiger partial charge on any atom is -0.449 e. The number of thiocarbonyl (C=S) groups is 1. The summed E-state index contributed by atoms with van der Waals surface area (Å²) in [5, 5.41) is 0.244. The van der Waals surface area contributed by atoms with Crippen molar-refractivity contribution >= 4 is 40.8 Å². The molecule has 0 N–H and O–H groups in total. The molecule has 0 amide bonds. The van der Waals surface area contributed by atoms with Crippen molar-refractivity contribution in [3.8, 4) is 0 Å². The summed E-state index contributed by atoms with van der Waals surface area (Å²) in [4.78, 5) is 19.4. The van der Waals surface area contributed by atoms with E-state index in [2.05, 4.69) is 31.4 Å². The molecule has 3 heterocycles. The average Bonchev–Trinajstić information content (AvgIpc) is 3.25. The molecule has 0 radical (unpaired) electrons. The average molecular weight is 360 g/mol. The maximum Gasteiger partial charge on any atom is 0.353 e. The Kier molecular flexibility index (Phi) is 4.03. The van der Waals surface area contributed by atoms with Crippen LogP contribution in [0.5, 0.6) is 0 Å². The number of aliphatic imine (C=N–C) groups is 1. The number of ether oxygens (including phenoxy) is 2. The van der Waals surface area contributed by atoms with Gasteiger partial charge in [0.2, 0.25) is 0 Å². The normalized spacial score (nSPS) is 28.4. The van der Waals surface area contributed by atoms with Crippen molar-refractivity contribution in [2.45, 2.75) is 38.0 Å². The van der Waals surface area contributed by atoms with Crippen LogP contribution in [0.1, 0.15) is 25.8 Å². The van der Waals surface area contributed by atoms with E-state index in [0.717, 1.165) is 18.5 Å². The molecule has 1 saturated carbocycles. The molecule has 0 spiro atoms. The van der Waals surface area contributed by atoms with E-state index in [9.17, 15) is 0 Å². The molecule has 0 aromatic carbocycles. The SMILES string of the molecule is CC[C@H]1C[C@@H](n2cnc3c(/N=C/N(C)C)ncnc32)C2OC(=S)O[C@H]21. The largest absolute Gasteiger partial charge is 0.449 e. The molecule has 2 aromatic heterocycles. The maximum absolute atomic E-state index is 5.79. The Bertz CT molecular complexity index is 835. The van der Waals surface area contributed by atoms with Gasteiger partial charge in [0.15, 0.2) is 23.1 Å². The standard InChI is InChI=1S/C16H20N6O2S/c1-4-9-5-10(13-12(9)23-16(25)24-13)22-8-19-11-14(20-7-21(2)3)17-6-18-15(11)22/h6-10,12-13H,4-5H2,1-3H3/b20-7+/t9-,10+,12-,13?/m0/s1. The Morgan fingerprint density at radius 2 is 2.12 bits per heavy atom. The molecule has 25 heavy (non-hydrogen) atoms. The summed E-state index contributed by atoms with van der Waals surface area (Å²) >= 11 is 5.11. The highest BCUT2D eigenvalue weighted by atomic mass is 32.1. The van der Waals surface area contributed by atoms with Gasteiger partial charge in [-0.15, -0.1) is 0 Å². The van der Waals surface area contributed by atoms with E-state index >= 15 is 0 Å². The molecule has 4 atom stereocenters. The van der Waals surface area contributed by atoms with Crippen LogP contribution < -0.4 is 0 Å². The number of imidazole rings is 1. The minimum absolute atomic E-state index is 0.00743. The number of rotatable bonds is 4. The van der Waals surface area contributed by atoms with Gasteiger partial charge < -0.3 is 18.9 Å². The Labute approximate surface area is 150 Å². The minimum atomic E-state index is -0.0986. The first-order chi connectivity index (χ1) is 12.1. The van der Waals surface area contributed by atoms with E-state index in [0.29, 0.717) is 17.3 Å². The first-order valence-corrected chi connectivity index (χ1v) is 8.74. The summed E-state index contributed by atoms with van der Waals surface area (Å²) in [7, 11) is 3.81. The summed E-state index contributed by atoms with van der Waals surface area (Å²) < 4.78 is 13.6. The van der Waals surface area contributed by atoms with Crippen molar-refractivity contribution in [2.75, 3.05) is 14.1 Å². The zero-order valence-electron chi connectivity index (χ0n) is 14.4. The van der Waals surface area contributed by atoms with Crippen LogP contribution >= 0.6 is 12.2 Å². The molecule has 1 unspecified atom stereocenters. The van der Waals surface area contributed by atoms with Gasteiger partial charge in [0, 0.05) is 32.2 Å². The van der Waals surface area contributed by atoms with Crippen molar-refractivity contribution in [1.82, 2.24) is 24.4 Å². The molecule has 1 saturated heterocycles. The van der Waals surface area contributed by atoms with Crippen LogP contribution in [0.25, 0.3) is 11.2 Å². The van der Waals surface area contributed by atoms with Crippen molar-refractivity contribution in [3.05, 3.63) is 12.7 Å². The van der Waals surface area contributed by atoms with Crippen LogP contribution in [0.4, 0.5) is 5.82 Å². The van der Waals surface area contributed by atoms with Crippen molar-refractivity contribution in [2.24, 2.45) is 10.9 Å². The highest BCUT2D eigenvalue weighted by Gasteiger charge is 2.51. The molecule has 2 aliphatic rings. The third-order valence-corrected chi connectivity index (χ3v) is 5.00. The van der Waals surface area contributed by atoms with Gasteiger partial charge in [-0.1, -0.05) is 6.92 Å². The van der Waals surface area contributed by atoms with E-state index in [1.807, 2.05) is 19.0 Å². The molecule has 1 aliphatic heterocycles. The van der Waals surface area contributed by atoms with E-state index in [4.69, 9.17) is 21.7 Å². The number of hydrogen-bond donors (Lipinski definition) is 0. The summed E-state index contributed by atoms with van der Waals surface area (Å²) in [6, 6.07) is 0.0842. The van der Waals surface area contributed by atoms with Gasteiger partial charge in [-0.2, -0.15) is 0 Å². The summed E-state index contributed by atoms with van der Waals surface area (Å²) in [6.45, 7) is 2.16. The number of hydrogen-bond acceptors (Lipinski definition) is 7. The lowest BCUT2D eigenvalue weighted by atomic mass is 10.0. The maximum atomic E-state index is 5.79. The Morgan fingerprint density at radius 3 is 2.88 bits per heavy atom. The van der Waals surface area contributed by atoms with Gasteiger partial charge in [-0.05, 0) is 12.8 Å². The van der Waals surface area contributed by atoms with Gasteiger partial charge in [0.05, 0.1) is 18.7 Å². The van der Waals surface area contributed by atoms with Crippen LogP contribution in [0.2, 0.25) is 0 Å². The molecular formula is C16H20N6O2S. The van der Waals surface area contributed by atoms with Crippen LogP contribution in [0, 0.1) is 5.92 Å². The Hall–Kier alpha value is -2.29. The first-order valence-electron chi connectivity index (χ1n) is 8.34. The fraction of sp³-hybridized carbons (Fsp3) is 0.562. The van der Waals surface area contributed by atoms with E-state index in [1.165, 1.54) is 6.33 Å². The lowest BCUT2D eigenvalue weighted by Crippen LogP contribution is -2.26. The molecular weight excluding hydrogens is 340 g/mol. The predicted molar refractivity (Wildman–Crippen MR) is 96.9 cm³/mol. The van der Waals surface area contributed by atoms with E-state index in [1.54, 1.807) is 12.7 Å². The molecule has 132 valence electrons. The monoisotopic (exact) mass is 360 g/mol. The van der Waals surface area contributed by atoms with Gasteiger partial charge in [0.1, 0.15) is 12.4 Å². The summed E-state index contributed by atoms with van der Waals surface area (Å²) in [5.41, 5.74) is 1.43. The second kappa shape index (κ2) is 6.21. The zero-order chi connectivity index (χ0) is 17.6. The topological polar surface area (TPSA) is 77.7 Å². The zero-order valence-corrected chi connectivity index (χ0v) is 15.2. The van der Waals surface area contributed by atoms with Gasteiger partial charge >= 0.3 is 5.24 Å². The first kappa shape index (κ1) is 16.2. The smallest absolute Gasteiger partial charge is 0.353 e. The highest BCUT2D eigenvalue weighted by molar-refractivity contribution is 7.79. The Morgan fingerprint density at radius 1 is 1.32 bits per heavy atom. The second-order valence-electron chi connectivity index (χ2n) is 6.62. The highest BCUT2D eigenvalue weighted by Crippen LogP contribution is 2.45. The fourth-order valence-corrected chi connectivity index (χ4v) is 3.86. The molecule has 9 heteroatoms. The summed E-state index contributed by atoms with van der Waals surface area (Å²) in [6.07, 6.45) is 6.88. The third kappa shape index (κ3) is 2.72. The number of fused-ring (bicyclic) bond motifs is 2. The molecule has 2 aromatic rings. The van der Waals surface area contributed by atoms with Crippen molar-refractivity contribution in [3.63, 3.8) is 0 Å². The van der Waals surface area contributed by atoms with Gasteiger partial charge in [-0.3, -0.25) is 0 Å². The van der Waals surface area contributed by atoms with Gasteiger partial charge in [-0.25, -0.2) is 19.9 Å². The molecule has 2 fully saturated rings. The molecule has 0 bridgehead atoms. The predicted octanol–water partition coefficient (Wildman–Crippen LogP) is 2.09. The molecule has 4 rings (SSSR count). The fourth-order valence-electron chi connectivity index (χ4n) is 3.64. The van der Waals surface area contributed by atoms with Crippen LogP contribution in [0.15, 0.2) is 17.6 Å². The van der Waals surface area contributed by atoms with Gasteiger partial charge in [0.25, 0.3) is 0 Å². The van der Waals surface area contributed by atoms with Crippen LogP contribution in [0.3, 0.4) is 0 Å². The van der Waals surface area contributed by atoms with E-state index < -0.39 is 0 Å². The summed E-state index contributed by atoms with van der Waals surface area (Å²) in [5.74, 6) is 0.958. The van der Waals surface area contributed by atoms with E-state index in [-0.39, 0.29) is 23.5 Å². The van der Waals surface area contributed by atoms with Crippen LogP contribution in [-0.4, -0.2) is 62.3 Å². The number of nitrogens with zero attached hydrogens (tertiary/aromatic N) is 6. The van der Waals surface area contributed by atoms with Crippen molar-refractivity contribution < 1.29 is 9.47 Å². The number of aromatic nitrogens is 4. The molecule has 8 nitrogen and oxygen atoms in total. The van der Waals surface area contributed by atoms with Crippen LogP contribution in [-0.2, 0) is 9.47 Å². The lowest BCUT2D eigenvalue weighted by molar-refractivity contribution is 0.132.